The number of para-hydroxylation sites is 2. The fourth-order valence-corrected chi connectivity index (χ4v) is 3.47. The van der Waals surface area contributed by atoms with Crippen LogP contribution in [0.25, 0.3) is 11.0 Å². The number of amides is 1. The molecule has 1 N–H and O–H groups in total. The molecule has 0 unspecified atom stereocenters. The topological polar surface area (TPSA) is 99.3 Å². The summed E-state index contributed by atoms with van der Waals surface area (Å²) in [5.41, 5.74) is 0.311. The Morgan fingerprint density at radius 1 is 1.34 bits per heavy atom. The summed E-state index contributed by atoms with van der Waals surface area (Å²) in [4.78, 5) is 27.0. The van der Waals surface area contributed by atoms with Crippen molar-refractivity contribution < 1.29 is 23.2 Å². The van der Waals surface area contributed by atoms with E-state index in [1.807, 2.05) is 0 Å². The number of halogens is 2. The van der Waals surface area contributed by atoms with Crippen LogP contribution in [0.3, 0.4) is 0 Å². The van der Waals surface area contributed by atoms with Crippen molar-refractivity contribution in [2.75, 3.05) is 17.7 Å². The molecule has 0 bridgehead atoms. The molecule has 8 nitrogen and oxygen atoms in total. The highest BCUT2D eigenvalue weighted by Gasteiger charge is 2.21. The van der Waals surface area contributed by atoms with Gasteiger partial charge in [0.15, 0.2) is 5.16 Å². The van der Waals surface area contributed by atoms with Gasteiger partial charge in [0.25, 0.3) is 5.69 Å². The molecule has 3 rings (SSSR count). The fourth-order valence-electron chi connectivity index (χ4n) is 2.65. The number of thioether (sulfide) groups is 1. The first-order valence-corrected chi connectivity index (χ1v) is 9.48. The third-order valence-electron chi connectivity index (χ3n) is 3.84. The molecule has 1 amide bonds. The molecule has 0 saturated carbocycles. The summed E-state index contributed by atoms with van der Waals surface area (Å²) >= 11 is 0.819. The van der Waals surface area contributed by atoms with Gasteiger partial charge in [-0.25, -0.2) is 4.98 Å². The smallest absolute Gasteiger partial charge is 0.321 e. The third kappa shape index (κ3) is 4.62. The molecule has 11 heteroatoms. The second kappa shape index (κ2) is 8.86. The van der Waals surface area contributed by atoms with Gasteiger partial charge in [-0.15, -0.1) is 0 Å². The number of imidazole rings is 1. The number of hydrogen-bond acceptors (Lipinski definition) is 6. The first kappa shape index (κ1) is 20.5. The van der Waals surface area contributed by atoms with Crippen molar-refractivity contribution in [2.45, 2.75) is 18.6 Å². The standard InChI is InChI=1S/C18H16F2N4O4S/c1-2-28-11-7-8-13(15(9-11)24(26)27)21-16(25)10-29-18-22-12-5-3-4-6-14(12)23(18)17(19)20/h3-9,17H,2,10H2,1H3,(H,21,25). The van der Waals surface area contributed by atoms with Crippen molar-refractivity contribution in [1.82, 2.24) is 9.55 Å². The van der Waals surface area contributed by atoms with Crippen molar-refractivity contribution in [3.63, 3.8) is 0 Å². The second-order valence-electron chi connectivity index (χ2n) is 5.74. The minimum Gasteiger partial charge on any atom is -0.494 e. The normalized spacial score (nSPS) is 11.0. The highest BCUT2D eigenvalue weighted by molar-refractivity contribution is 7.99. The largest absolute Gasteiger partial charge is 0.494 e. The van der Waals surface area contributed by atoms with Crippen LogP contribution in [0.5, 0.6) is 5.75 Å². The number of carbonyl (C=O) groups excluding carboxylic acids is 1. The number of nitro groups is 1. The number of aromatic nitrogens is 2. The van der Waals surface area contributed by atoms with Gasteiger partial charge in [-0.1, -0.05) is 23.9 Å². The Hall–Kier alpha value is -3.21. The van der Waals surface area contributed by atoms with Gasteiger partial charge in [0.05, 0.1) is 34.4 Å². The lowest BCUT2D eigenvalue weighted by Crippen LogP contribution is -2.16. The molecule has 152 valence electrons. The van der Waals surface area contributed by atoms with Crippen molar-refractivity contribution in [2.24, 2.45) is 0 Å². The number of nitro benzene ring substituents is 1. The molecule has 1 aromatic heterocycles. The Bertz CT molecular complexity index is 1060. The highest BCUT2D eigenvalue weighted by atomic mass is 32.2. The average Bonchev–Trinajstić information content (AvgIpc) is 3.06. The summed E-state index contributed by atoms with van der Waals surface area (Å²) in [6.45, 7) is -0.740. The summed E-state index contributed by atoms with van der Waals surface area (Å²) in [5.74, 6) is -0.534. The summed E-state index contributed by atoms with van der Waals surface area (Å²) in [6, 6.07) is 10.5. The molecule has 0 aliphatic carbocycles. The van der Waals surface area contributed by atoms with Crippen LogP contribution in [0.1, 0.15) is 13.5 Å². The van der Waals surface area contributed by atoms with Gasteiger partial charge in [-0.3, -0.25) is 19.5 Å². The van der Waals surface area contributed by atoms with E-state index in [0.29, 0.717) is 17.9 Å². The zero-order valence-electron chi connectivity index (χ0n) is 15.2. The van der Waals surface area contributed by atoms with Crippen molar-refractivity contribution in [3.8, 4) is 5.75 Å². The lowest BCUT2D eigenvalue weighted by molar-refractivity contribution is -0.384. The predicted octanol–water partition coefficient (Wildman–Crippen LogP) is 4.47. The Labute approximate surface area is 168 Å². The van der Waals surface area contributed by atoms with Crippen LogP contribution in [-0.4, -0.2) is 32.7 Å². The average molecular weight is 422 g/mol. The van der Waals surface area contributed by atoms with Crippen molar-refractivity contribution in [1.29, 1.82) is 0 Å². The SMILES string of the molecule is CCOc1ccc(NC(=O)CSc2nc3ccccc3n2C(F)F)c([N+](=O)[O-])c1. The lowest BCUT2D eigenvalue weighted by atomic mass is 10.2. The van der Waals surface area contributed by atoms with Gasteiger partial charge >= 0.3 is 6.55 Å². The number of fused-ring (bicyclic) bond motifs is 1. The fraction of sp³-hybridized carbons (Fsp3) is 0.222. The number of rotatable bonds is 8. The first-order chi connectivity index (χ1) is 13.9. The van der Waals surface area contributed by atoms with Crippen molar-refractivity contribution >= 4 is 40.1 Å². The number of alkyl halides is 2. The summed E-state index contributed by atoms with van der Waals surface area (Å²) < 4.78 is 32.8. The summed E-state index contributed by atoms with van der Waals surface area (Å²) in [7, 11) is 0. The van der Waals surface area contributed by atoms with Crippen LogP contribution in [0, 0.1) is 10.1 Å². The van der Waals surface area contributed by atoms with Crippen LogP contribution in [0.15, 0.2) is 47.6 Å². The van der Waals surface area contributed by atoms with Crippen LogP contribution in [0.2, 0.25) is 0 Å². The Balaban J connectivity index is 1.75. The van der Waals surface area contributed by atoms with Crippen LogP contribution >= 0.6 is 11.8 Å². The van der Waals surface area contributed by atoms with Gasteiger partial charge in [-0.05, 0) is 31.2 Å². The van der Waals surface area contributed by atoms with E-state index >= 15 is 0 Å². The number of nitrogens with zero attached hydrogens (tertiary/aromatic N) is 3. The molecule has 0 radical (unpaired) electrons. The van der Waals surface area contributed by atoms with E-state index in [-0.39, 0.29) is 27.8 Å². The minimum absolute atomic E-state index is 0.00795. The maximum absolute atomic E-state index is 13.4. The quantitative estimate of drug-likeness (QED) is 0.327. The Kier molecular flexibility index (Phi) is 6.27. The van der Waals surface area contributed by atoms with Gasteiger partial charge in [0.2, 0.25) is 5.91 Å². The predicted molar refractivity (Wildman–Crippen MR) is 105 cm³/mol. The molecular weight excluding hydrogens is 406 g/mol. The number of hydrogen-bond donors (Lipinski definition) is 1. The Morgan fingerprint density at radius 3 is 2.79 bits per heavy atom. The van der Waals surface area contributed by atoms with E-state index in [1.54, 1.807) is 25.1 Å². The molecule has 2 aromatic carbocycles. The molecule has 0 saturated heterocycles. The molecule has 1 heterocycles. The van der Waals surface area contributed by atoms with E-state index < -0.39 is 17.4 Å². The second-order valence-corrected chi connectivity index (χ2v) is 6.68. The molecule has 0 aliphatic rings. The number of anilines is 1. The van der Waals surface area contributed by atoms with E-state index in [0.717, 1.165) is 16.3 Å². The molecule has 0 fully saturated rings. The highest BCUT2D eigenvalue weighted by Crippen LogP contribution is 2.31. The zero-order chi connectivity index (χ0) is 21.0. The van der Waals surface area contributed by atoms with E-state index in [1.165, 1.54) is 24.3 Å². The van der Waals surface area contributed by atoms with Crippen LogP contribution < -0.4 is 10.1 Å². The third-order valence-corrected chi connectivity index (χ3v) is 4.79. The summed E-state index contributed by atoms with van der Waals surface area (Å²) in [5, 5.41) is 13.7. The minimum atomic E-state index is -2.82. The summed E-state index contributed by atoms with van der Waals surface area (Å²) in [6.07, 6.45) is 0. The maximum atomic E-state index is 13.4. The lowest BCUT2D eigenvalue weighted by Gasteiger charge is -2.09. The number of nitrogens with one attached hydrogen (secondary N) is 1. The molecule has 3 aromatic rings. The Morgan fingerprint density at radius 2 is 2.10 bits per heavy atom. The number of ether oxygens (including phenoxy) is 1. The van der Waals surface area contributed by atoms with E-state index in [4.69, 9.17) is 4.74 Å². The molecule has 0 spiro atoms. The van der Waals surface area contributed by atoms with Gasteiger partial charge in [0, 0.05) is 0 Å². The molecule has 29 heavy (non-hydrogen) atoms. The molecule has 0 atom stereocenters. The van der Waals surface area contributed by atoms with Gasteiger partial charge in [0.1, 0.15) is 11.4 Å². The van der Waals surface area contributed by atoms with Crippen LogP contribution in [0.4, 0.5) is 20.2 Å². The van der Waals surface area contributed by atoms with Gasteiger partial charge < -0.3 is 10.1 Å². The monoisotopic (exact) mass is 422 g/mol. The number of benzene rings is 2. The van der Waals surface area contributed by atoms with E-state index in [9.17, 15) is 23.7 Å². The number of carbonyl (C=O) groups is 1. The van der Waals surface area contributed by atoms with E-state index in [2.05, 4.69) is 10.3 Å². The molecular formula is C18H16F2N4O4S. The van der Waals surface area contributed by atoms with Gasteiger partial charge in [-0.2, -0.15) is 8.78 Å². The zero-order valence-corrected chi connectivity index (χ0v) is 16.0. The van der Waals surface area contributed by atoms with Crippen molar-refractivity contribution in [3.05, 3.63) is 52.6 Å². The van der Waals surface area contributed by atoms with Crippen LogP contribution in [-0.2, 0) is 4.79 Å². The molecule has 0 aliphatic heterocycles. The maximum Gasteiger partial charge on any atom is 0.321 e. The first-order valence-electron chi connectivity index (χ1n) is 8.49.